The Kier molecular flexibility index (Phi) is 10.4. The molecule has 4 atom stereocenters. The van der Waals surface area contributed by atoms with Gasteiger partial charge in [0.25, 0.3) is 0 Å². The fourth-order valence-corrected chi connectivity index (χ4v) is 8.53. The van der Waals surface area contributed by atoms with Gasteiger partial charge in [-0.05, 0) is 107 Å². The number of aryl methyl sites for hydroxylation is 1. The zero-order valence-corrected chi connectivity index (χ0v) is 26.3. The maximum Gasteiger partial charge on any atom is 0.321 e. The number of hydrogen-bond acceptors (Lipinski definition) is 4. The van der Waals surface area contributed by atoms with E-state index in [1.54, 1.807) is 6.07 Å². The molecule has 2 heterocycles. The summed E-state index contributed by atoms with van der Waals surface area (Å²) in [6, 6.07) is 9.17. The number of likely N-dealkylation sites (tertiary alicyclic amines) is 1. The predicted octanol–water partition coefficient (Wildman–Crippen LogP) is 6.95. The number of hydrogen-bond donors (Lipinski definition) is 1. The van der Waals surface area contributed by atoms with Crippen molar-refractivity contribution in [2.75, 3.05) is 26.7 Å². The number of aromatic nitrogens is 2. The summed E-state index contributed by atoms with van der Waals surface area (Å²) in [5.74, 6) is 1.05. The van der Waals surface area contributed by atoms with Crippen LogP contribution in [0.25, 0.3) is 0 Å². The normalized spacial score (nSPS) is 25.5. The molecule has 6 nitrogen and oxygen atoms in total. The van der Waals surface area contributed by atoms with Gasteiger partial charge in [-0.15, -0.1) is 0 Å². The predicted molar refractivity (Wildman–Crippen MR) is 166 cm³/mol. The molecule has 2 aromatic rings. The molecule has 7 heteroatoms. The number of carboxylic acid groups (broad SMARTS) is 1. The quantitative estimate of drug-likeness (QED) is 0.312. The summed E-state index contributed by atoms with van der Waals surface area (Å²) >= 11 is 0. The number of nitrogens with zero attached hydrogens (tertiary/aromatic N) is 4. The number of carboxylic acids is 1. The van der Waals surface area contributed by atoms with E-state index in [4.69, 9.17) is 5.10 Å². The molecule has 0 bridgehead atoms. The second-order valence-electron chi connectivity index (χ2n) is 13.9. The van der Waals surface area contributed by atoms with Gasteiger partial charge in [0.15, 0.2) is 0 Å². The molecular formula is C35H53FN4O2. The molecule has 2 saturated carbocycles. The SMILES string of the molecule is CCn1nc(CC2CCCCC2)cc1C1CCN(CC2CC(N(C)[C@@H](C(=O)O)C(C)C)CC2c2cccc(F)c2)CC1. The lowest BCUT2D eigenvalue weighted by atomic mass is 9.85. The Balaban J connectivity index is 1.24. The van der Waals surface area contributed by atoms with Gasteiger partial charge in [0.2, 0.25) is 0 Å². The first-order valence-electron chi connectivity index (χ1n) is 16.7. The Morgan fingerprint density at radius 1 is 1.10 bits per heavy atom. The summed E-state index contributed by atoms with van der Waals surface area (Å²) in [5, 5.41) is 15.0. The number of piperidine rings is 1. The summed E-state index contributed by atoms with van der Waals surface area (Å²) in [4.78, 5) is 16.8. The Morgan fingerprint density at radius 3 is 2.48 bits per heavy atom. The van der Waals surface area contributed by atoms with Crippen LogP contribution in [-0.2, 0) is 17.8 Å². The van der Waals surface area contributed by atoms with Gasteiger partial charge in [0, 0.05) is 30.7 Å². The first kappa shape index (κ1) is 31.2. The van der Waals surface area contributed by atoms with Crippen LogP contribution >= 0.6 is 0 Å². The van der Waals surface area contributed by atoms with Crippen molar-refractivity contribution in [2.45, 2.75) is 115 Å². The van der Waals surface area contributed by atoms with Gasteiger partial charge in [-0.3, -0.25) is 14.4 Å². The average Bonchev–Trinajstić information content (AvgIpc) is 3.58. The fraction of sp³-hybridized carbons (Fsp3) is 0.714. The zero-order valence-electron chi connectivity index (χ0n) is 26.3. The topological polar surface area (TPSA) is 61.6 Å². The molecule has 2 aliphatic carbocycles. The average molecular weight is 581 g/mol. The van der Waals surface area contributed by atoms with E-state index in [1.165, 1.54) is 49.6 Å². The highest BCUT2D eigenvalue weighted by Crippen LogP contribution is 2.44. The highest BCUT2D eigenvalue weighted by atomic mass is 19.1. The lowest BCUT2D eigenvalue weighted by Gasteiger charge is -2.35. The van der Waals surface area contributed by atoms with Gasteiger partial charge < -0.3 is 10.0 Å². The monoisotopic (exact) mass is 580 g/mol. The van der Waals surface area contributed by atoms with E-state index in [0.29, 0.717) is 11.8 Å². The Hall–Kier alpha value is -2.25. The standard InChI is InChI=1S/C35H53FN4O2/c1-5-40-33(21-30(37-40)18-25-10-7-6-8-11-25)26-14-16-39(17-15-26)23-28-20-31(38(4)34(24(2)3)35(41)42)22-32(28)27-12-9-13-29(36)19-27/h9,12-13,19,21,24-26,28,31-32,34H,5-8,10-11,14-18,20,22-23H2,1-4H3,(H,41,42)/t28?,31?,32?,34-/m1/s1. The summed E-state index contributed by atoms with van der Waals surface area (Å²) in [7, 11) is 1.97. The fourth-order valence-electron chi connectivity index (χ4n) is 8.53. The molecule has 3 unspecified atom stereocenters. The van der Waals surface area contributed by atoms with Crippen molar-refractivity contribution in [2.24, 2.45) is 17.8 Å². The van der Waals surface area contributed by atoms with Crippen LogP contribution in [0.4, 0.5) is 4.39 Å². The number of carbonyl (C=O) groups is 1. The van der Waals surface area contributed by atoms with E-state index in [-0.39, 0.29) is 23.7 Å². The van der Waals surface area contributed by atoms with Crippen LogP contribution in [0.2, 0.25) is 0 Å². The van der Waals surface area contributed by atoms with Crippen LogP contribution in [0.5, 0.6) is 0 Å². The minimum atomic E-state index is -0.756. The van der Waals surface area contributed by atoms with Crippen molar-refractivity contribution in [1.29, 1.82) is 0 Å². The third-order valence-electron chi connectivity index (χ3n) is 10.7. The number of halogens is 1. The minimum Gasteiger partial charge on any atom is -0.480 e. The molecule has 0 radical (unpaired) electrons. The lowest BCUT2D eigenvalue weighted by Crippen LogP contribution is -2.47. The molecule has 1 aromatic heterocycles. The Labute approximate surface area is 252 Å². The largest absolute Gasteiger partial charge is 0.480 e. The number of benzene rings is 1. The van der Waals surface area contributed by atoms with E-state index in [2.05, 4.69) is 33.5 Å². The summed E-state index contributed by atoms with van der Waals surface area (Å²) in [6.07, 6.45) is 12.1. The van der Waals surface area contributed by atoms with Crippen LogP contribution in [0.3, 0.4) is 0 Å². The minimum absolute atomic E-state index is 0.0259. The number of likely N-dealkylation sites (N-methyl/N-ethyl adjacent to an activating group) is 1. The Bertz CT molecular complexity index is 1170. The highest BCUT2D eigenvalue weighted by molar-refractivity contribution is 5.73. The molecule has 5 rings (SSSR count). The molecule has 1 aromatic carbocycles. The van der Waals surface area contributed by atoms with Gasteiger partial charge in [0.1, 0.15) is 11.9 Å². The molecule has 1 aliphatic heterocycles. The van der Waals surface area contributed by atoms with Gasteiger partial charge in [-0.1, -0.05) is 58.1 Å². The van der Waals surface area contributed by atoms with Crippen LogP contribution in [0.15, 0.2) is 30.3 Å². The molecule has 232 valence electrons. The third kappa shape index (κ3) is 7.27. The van der Waals surface area contributed by atoms with Crippen molar-refractivity contribution in [3.63, 3.8) is 0 Å². The van der Waals surface area contributed by atoms with Crippen molar-refractivity contribution in [1.82, 2.24) is 19.6 Å². The second kappa shape index (κ2) is 14.0. The van der Waals surface area contributed by atoms with Crippen molar-refractivity contribution >= 4 is 5.97 Å². The molecular weight excluding hydrogens is 527 g/mol. The van der Waals surface area contributed by atoms with E-state index < -0.39 is 12.0 Å². The molecule has 0 amide bonds. The van der Waals surface area contributed by atoms with Crippen molar-refractivity contribution in [3.8, 4) is 0 Å². The molecule has 42 heavy (non-hydrogen) atoms. The first-order valence-corrected chi connectivity index (χ1v) is 16.7. The van der Waals surface area contributed by atoms with Gasteiger partial charge in [-0.2, -0.15) is 5.10 Å². The summed E-state index contributed by atoms with van der Waals surface area (Å²) < 4.78 is 16.6. The van der Waals surface area contributed by atoms with Crippen molar-refractivity contribution < 1.29 is 14.3 Å². The molecule has 3 fully saturated rings. The van der Waals surface area contributed by atoms with Crippen LogP contribution in [-0.4, -0.2) is 69.4 Å². The highest BCUT2D eigenvalue weighted by Gasteiger charge is 2.42. The van der Waals surface area contributed by atoms with E-state index in [9.17, 15) is 14.3 Å². The molecule has 1 N–H and O–H groups in total. The van der Waals surface area contributed by atoms with Crippen LogP contribution < -0.4 is 0 Å². The van der Waals surface area contributed by atoms with E-state index in [0.717, 1.165) is 69.8 Å². The van der Waals surface area contributed by atoms with E-state index in [1.807, 2.05) is 27.0 Å². The third-order valence-corrected chi connectivity index (χ3v) is 10.7. The summed E-state index contributed by atoms with van der Waals surface area (Å²) in [5.41, 5.74) is 3.78. The molecule has 3 aliphatic rings. The van der Waals surface area contributed by atoms with E-state index >= 15 is 0 Å². The van der Waals surface area contributed by atoms with Gasteiger partial charge in [-0.25, -0.2) is 4.39 Å². The number of rotatable bonds is 11. The molecule has 1 saturated heterocycles. The van der Waals surface area contributed by atoms with Crippen LogP contribution in [0.1, 0.15) is 107 Å². The van der Waals surface area contributed by atoms with Gasteiger partial charge >= 0.3 is 5.97 Å². The maximum absolute atomic E-state index is 14.3. The molecule has 0 spiro atoms. The smallest absolute Gasteiger partial charge is 0.321 e. The Morgan fingerprint density at radius 2 is 1.83 bits per heavy atom. The zero-order chi connectivity index (χ0) is 29.8. The lowest BCUT2D eigenvalue weighted by molar-refractivity contribution is -0.145. The number of aliphatic carboxylic acids is 1. The van der Waals surface area contributed by atoms with Gasteiger partial charge in [0.05, 0.1) is 5.69 Å². The maximum atomic E-state index is 14.3. The first-order chi connectivity index (χ1) is 20.2. The summed E-state index contributed by atoms with van der Waals surface area (Å²) in [6.45, 7) is 10.2. The van der Waals surface area contributed by atoms with Crippen LogP contribution in [0, 0.1) is 23.6 Å². The second-order valence-corrected chi connectivity index (χ2v) is 13.9. The van der Waals surface area contributed by atoms with Crippen molar-refractivity contribution in [3.05, 3.63) is 53.1 Å².